The lowest BCUT2D eigenvalue weighted by Crippen LogP contribution is -2.15. The van der Waals surface area contributed by atoms with Gasteiger partial charge >= 0.3 is 0 Å². The topological polar surface area (TPSA) is 88.2 Å². The normalized spacial score (nSPS) is 10.3. The second kappa shape index (κ2) is 8.37. The van der Waals surface area contributed by atoms with E-state index in [4.69, 9.17) is 0 Å². The van der Waals surface area contributed by atoms with Crippen molar-refractivity contribution in [2.24, 2.45) is 0 Å². The van der Waals surface area contributed by atoms with Crippen LogP contribution in [0.15, 0.2) is 60.0 Å². The third-order valence-electron chi connectivity index (χ3n) is 3.72. The molecular weight excluding hydrogens is 362 g/mol. The third-order valence-corrected chi connectivity index (χ3v) is 4.48. The van der Waals surface area contributed by atoms with Crippen molar-refractivity contribution in [3.63, 3.8) is 0 Å². The summed E-state index contributed by atoms with van der Waals surface area (Å²) in [6.07, 6.45) is 0.236. The van der Waals surface area contributed by atoms with Gasteiger partial charge in [-0.3, -0.25) is 14.4 Å². The molecule has 0 saturated carbocycles. The quantitative estimate of drug-likeness (QED) is 0.638. The maximum atomic E-state index is 12.3. The molecule has 6 nitrogen and oxygen atoms in total. The molecule has 2 N–H and O–H groups in total. The highest BCUT2D eigenvalue weighted by Crippen LogP contribution is 2.18. The first-order valence-corrected chi connectivity index (χ1v) is 9.11. The minimum absolute atomic E-state index is 0.0804. The maximum Gasteiger partial charge on any atom is 0.275 e. The number of anilines is 2. The second-order valence-electron chi connectivity index (χ2n) is 5.84. The minimum Gasteiger partial charge on any atom is -0.321 e. The molecule has 0 unspecified atom stereocenters. The number of carbonyl (C=O) groups excluding carboxylic acids is 3. The van der Waals surface area contributed by atoms with Crippen molar-refractivity contribution in [1.29, 1.82) is 0 Å². The molecule has 3 rings (SSSR count). The van der Waals surface area contributed by atoms with Gasteiger partial charge in [-0.25, -0.2) is 4.98 Å². The van der Waals surface area contributed by atoms with Crippen LogP contribution in [0.3, 0.4) is 0 Å². The van der Waals surface area contributed by atoms with Crippen LogP contribution in [0.1, 0.15) is 33.3 Å². The highest BCUT2D eigenvalue weighted by molar-refractivity contribution is 7.14. The molecule has 0 aliphatic heterocycles. The molecule has 0 radical (unpaired) electrons. The number of hydrogen-bond donors (Lipinski definition) is 2. The Balaban J connectivity index is 1.61. The molecule has 0 aliphatic carbocycles. The molecule has 1 heterocycles. The zero-order chi connectivity index (χ0) is 19.2. The Bertz CT molecular complexity index is 983. The lowest BCUT2D eigenvalue weighted by molar-refractivity contribution is -0.115. The summed E-state index contributed by atoms with van der Waals surface area (Å²) in [5, 5.41) is 7.33. The lowest BCUT2D eigenvalue weighted by atomic mass is 10.1. The van der Waals surface area contributed by atoms with Crippen molar-refractivity contribution in [3.05, 3.63) is 76.8 Å². The van der Waals surface area contributed by atoms with Crippen molar-refractivity contribution < 1.29 is 14.4 Å². The van der Waals surface area contributed by atoms with E-state index in [0.717, 1.165) is 5.56 Å². The lowest BCUT2D eigenvalue weighted by Gasteiger charge is -2.04. The minimum atomic E-state index is -0.407. The van der Waals surface area contributed by atoms with Crippen LogP contribution in [0, 0.1) is 0 Å². The number of Topliss-reactive ketones (excluding diaryl/α,β-unsaturated/α-hetero) is 1. The number of carbonyl (C=O) groups is 3. The number of benzene rings is 2. The Kier molecular flexibility index (Phi) is 5.73. The molecule has 2 amide bonds. The summed E-state index contributed by atoms with van der Waals surface area (Å²) in [7, 11) is 0. The fraction of sp³-hybridized carbons (Fsp3) is 0.100. The predicted molar refractivity (Wildman–Crippen MR) is 105 cm³/mol. The van der Waals surface area contributed by atoms with E-state index < -0.39 is 5.91 Å². The van der Waals surface area contributed by atoms with Gasteiger partial charge in [0.2, 0.25) is 5.91 Å². The van der Waals surface area contributed by atoms with Crippen molar-refractivity contribution >= 4 is 39.8 Å². The number of thiazole rings is 1. The number of aromatic nitrogens is 1. The van der Waals surface area contributed by atoms with Gasteiger partial charge in [-0.05, 0) is 24.6 Å². The van der Waals surface area contributed by atoms with Crippen LogP contribution in [0.25, 0.3) is 0 Å². The number of nitrogens with one attached hydrogen (secondary N) is 2. The molecule has 136 valence electrons. The maximum absolute atomic E-state index is 12.3. The zero-order valence-corrected chi connectivity index (χ0v) is 15.4. The summed E-state index contributed by atoms with van der Waals surface area (Å²) in [5.74, 6) is -0.685. The highest BCUT2D eigenvalue weighted by atomic mass is 32.1. The molecule has 0 aliphatic rings. The van der Waals surface area contributed by atoms with E-state index in [0.29, 0.717) is 16.4 Å². The van der Waals surface area contributed by atoms with Gasteiger partial charge in [-0.15, -0.1) is 11.3 Å². The van der Waals surface area contributed by atoms with Gasteiger partial charge in [0, 0.05) is 16.6 Å². The van der Waals surface area contributed by atoms with Crippen molar-refractivity contribution in [2.45, 2.75) is 13.3 Å². The van der Waals surface area contributed by atoms with Crippen LogP contribution in [0.4, 0.5) is 10.8 Å². The zero-order valence-electron chi connectivity index (χ0n) is 14.6. The smallest absolute Gasteiger partial charge is 0.275 e. The van der Waals surface area contributed by atoms with Crippen LogP contribution >= 0.6 is 11.3 Å². The van der Waals surface area contributed by atoms with Crippen LogP contribution in [0.2, 0.25) is 0 Å². The van der Waals surface area contributed by atoms with E-state index in [1.54, 1.807) is 29.6 Å². The van der Waals surface area contributed by atoms with Gasteiger partial charge < -0.3 is 10.6 Å². The number of rotatable bonds is 6. The Labute approximate surface area is 160 Å². The summed E-state index contributed by atoms with van der Waals surface area (Å²) in [6, 6.07) is 16.0. The fourth-order valence-electron chi connectivity index (χ4n) is 2.39. The van der Waals surface area contributed by atoms with Gasteiger partial charge in [-0.1, -0.05) is 42.5 Å². The Hall–Kier alpha value is -3.32. The Morgan fingerprint density at radius 1 is 1.00 bits per heavy atom. The molecule has 3 aromatic rings. The van der Waals surface area contributed by atoms with Crippen LogP contribution in [0.5, 0.6) is 0 Å². The largest absolute Gasteiger partial charge is 0.321 e. The van der Waals surface area contributed by atoms with Crippen molar-refractivity contribution in [3.8, 4) is 0 Å². The van der Waals surface area contributed by atoms with Crippen LogP contribution < -0.4 is 10.6 Å². The van der Waals surface area contributed by atoms with Crippen LogP contribution in [-0.4, -0.2) is 22.6 Å². The number of ketones is 1. The SMILES string of the molecule is CC(=O)c1cccc(NC(=O)c2csc(NC(=O)Cc3ccccc3)n2)c1. The monoisotopic (exact) mass is 379 g/mol. The van der Waals surface area contributed by atoms with Crippen LogP contribution in [-0.2, 0) is 11.2 Å². The standard InChI is InChI=1S/C20H17N3O3S/c1-13(24)15-8-5-9-16(11-15)21-19(26)17-12-27-20(22-17)23-18(25)10-14-6-3-2-4-7-14/h2-9,11-12H,10H2,1H3,(H,21,26)(H,22,23,25). The Morgan fingerprint density at radius 3 is 2.52 bits per heavy atom. The fourth-order valence-corrected chi connectivity index (χ4v) is 3.10. The summed E-state index contributed by atoms with van der Waals surface area (Å²) < 4.78 is 0. The first kappa shape index (κ1) is 18.5. The number of hydrogen-bond acceptors (Lipinski definition) is 5. The molecule has 0 saturated heterocycles. The van der Waals surface area contributed by atoms with Gasteiger partial charge in [0.05, 0.1) is 6.42 Å². The summed E-state index contributed by atoms with van der Waals surface area (Å²) >= 11 is 1.18. The van der Waals surface area contributed by atoms with E-state index >= 15 is 0 Å². The average Bonchev–Trinajstić information content (AvgIpc) is 3.11. The van der Waals surface area contributed by atoms with Gasteiger partial charge in [0.25, 0.3) is 5.91 Å². The van der Waals surface area contributed by atoms with Crippen molar-refractivity contribution in [2.75, 3.05) is 10.6 Å². The van der Waals surface area contributed by atoms with E-state index in [-0.39, 0.29) is 23.8 Å². The Morgan fingerprint density at radius 2 is 1.78 bits per heavy atom. The van der Waals surface area contributed by atoms with Gasteiger partial charge in [-0.2, -0.15) is 0 Å². The molecule has 0 atom stereocenters. The molecule has 0 fully saturated rings. The molecule has 1 aromatic heterocycles. The van der Waals surface area contributed by atoms with Crippen molar-refractivity contribution in [1.82, 2.24) is 4.98 Å². The summed E-state index contributed by atoms with van der Waals surface area (Å²) in [5.41, 5.74) is 2.12. The molecule has 0 spiro atoms. The van der Waals surface area contributed by atoms with E-state index in [9.17, 15) is 14.4 Å². The van der Waals surface area contributed by atoms with E-state index in [2.05, 4.69) is 15.6 Å². The van der Waals surface area contributed by atoms with E-state index in [1.165, 1.54) is 18.3 Å². The first-order chi connectivity index (χ1) is 13.0. The molecule has 7 heteroatoms. The number of amides is 2. The van der Waals surface area contributed by atoms with E-state index in [1.807, 2.05) is 30.3 Å². The third kappa shape index (κ3) is 5.08. The summed E-state index contributed by atoms with van der Waals surface area (Å²) in [4.78, 5) is 40.0. The molecule has 2 aromatic carbocycles. The second-order valence-corrected chi connectivity index (χ2v) is 6.70. The van der Waals surface area contributed by atoms with Gasteiger partial charge in [0.15, 0.2) is 10.9 Å². The summed E-state index contributed by atoms with van der Waals surface area (Å²) in [6.45, 7) is 1.46. The average molecular weight is 379 g/mol. The highest BCUT2D eigenvalue weighted by Gasteiger charge is 2.13. The van der Waals surface area contributed by atoms with Gasteiger partial charge in [0.1, 0.15) is 5.69 Å². The first-order valence-electron chi connectivity index (χ1n) is 8.23. The molecule has 0 bridgehead atoms. The molecular formula is C20H17N3O3S. The molecule has 27 heavy (non-hydrogen) atoms. The predicted octanol–water partition coefficient (Wildman–Crippen LogP) is 3.78. The number of nitrogens with zero attached hydrogens (tertiary/aromatic N) is 1.